The molecular formula is C19H29NO4. The largest absolute Gasteiger partial charge is 0.456 e. The van der Waals surface area contributed by atoms with Crippen LogP contribution >= 0.6 is 0 Å². The molecule has 4 bridgehead atoms. The lowest BCUT2D eigenvalue weighted by molar-refractivity contribution is -0.160. The number of ketones is 1. The molecule has 0 radical (unpaired) electrons. The minimum atomic E-state index is -0.688. The van der Waals surface area contributed by atoms with Gasteiger partial charge in [0, 0.05) is 12.3 Å². The van der Waals surface area contributed by atoms with Crippen LogP contribution < -0.4 is 5.32 Å². The number of esters is 1. The Balaban J connectivity index is 1.59. The molecule has 1 atom stereocenters. The summed E-state index contributed by atoms with van der Waals surface area (Å²) in [6.45, 7) is 4.93. The minimum Gasteiger partial charge on any atom is -0.456 e. The van der Waals surface area contributed by atoms with E-state index >= 15 is 0 Å². The molecule has 0 spiro atoms. The number of hydrogen-bond donors (Lipinski definition) is 1. The molecule has 0 aromatic carbocycles. The zero-order chi connectivity index (χ0) is 17.5. The van der Waals surface area contributed by atoms with Crippen molar-refractivity contribution in [1.29, 1.82) is 0 Å². The van der Waals surface area contributed by atoms with E-state index in [0.29, 0.717) is 17.8 Å². The van der Waals surface area contributed by atoms with Crippen LogP contribution in [-0.2, 0) is 19.1 Å². The van der Waals surface area contributed by atoms with E-state index in [2.05, 4.69) is 5.32 Å². The van der Waals surface area contributed by atoms with Crippen LogP contribution in [0.3, 0.4) is 0 Å². The van der Waals surface area contributed by atoms with Crippen molar-refractivity contribution in [3.8, 4) is 0 Å². The third kappa shape index (κ3) is 3.35. The fourth-order valence-electron chi connectivity index (χ4n) is 5.55. The summed E-state index contributed by atoms with van der Waals surface area (Å²) in [6.07, 6.45) is 6.79. The number of hydrogen-bond acceptors (Lipinski definition) is 4. The lowest BCUT2D eigenvalue weighted by Gasteiger charge is -2.55. The molecule has 4 rings (SSSR count). The van der Waals surface area contributed by atoms with Crippen molar-refractivity contribution in [2.45, 2.75) is 65.3 Å². The monoisotopic (exact) mass is 335 g/mol. The zero-order valence-electron chi connectivity index (χ0n) is 15.0. The highest BCUT2D eigenvalue weighted by molar-refractivity contribution is 5.89. The summed E-state index contributed by atoms with van der Waals surface area (Å²) in [5.41, 5.74) is -0.240. The van der Waals surface area contributed by atoms with E-state index < -0.39 is 12.0 Å². The Hall–Kier alpha value is -1.39. The van der Waals surface area contributed by atoms with Crippen molar-refractivity contribution in [3.05, 3.63) is 0 Å². The molecule has 0 unspecified atom stereocenters. The Morgan fingerprint density at radius 1 is 1.04 bits per heavy atom. The Bertz CT molecular complexity index is 504. The van der Waals surface area contributed by atoms with Crippen LogP contribution in [0.4, 0.5) is 0 Å². The van der Waals surface area contributed by atoms with Gasteiger partial charge in [0.25, 0.3) is 0 Å². The Morgan fingerprint density at radius 3 is 1.96 bits per heavy atom. The average molecular weight is 335 g/mol. The topological polar surface area (TPSA) is 72.5 Å². The first-order chi connectivity index (χ1) is 11.3. The van der Waals surface area contributed by atoms with Gasteiger partial charge in [-0.2, -0.15) is 0 Å². The van der Waals surface area contributed by atoms with Crippen molar-refractivity contribution >= 4 is 17.7 Å². The van der Waals surface area contributed by atoms with E-state index in [0.717, 1.165) is 19.3 Å². The molecule has 24 heavy (non-hydrogen) atoms. The van der Waals surface area contributed by atoms with Gasteiger partial charge in [0.05, 0.1) is 0 Å². The summed E-state index contributed by atoms with van der Waals surface area (Å²) in [4.78, 5) is 36.4. The smallest absolute Gasteiger partial charge is 0.329 e. The molecule has 0 aromatic heterocycles. The van der Waals surface area contributed by atoms with Gasteiger partial charge in [0.15, 0.2) is 12.4 Å². The summed E-state index contributed by atoms with van der Waals surface area (Å²) in [7, 11) is 0. The van der Waals surface area contributed by atoms with Gasteiger partial charge in [-0.1, -0.05) is 13.8 Å². The maximum Gasteiger partial charge on any atom is 0.329 e. The van der Waals surface area contributed by atoms with Crippen LogP contribution in [-0.4, -0.2) is 30.3 Å². The summed E-state index contributed by atoms with van der Waals surface area (Å²) >= 11 is 0. The molecule has 4 aliphatic rings. The van der Waals surface area contributed by atoms with E-state index in [1.807, 2.05) is 13.8 Å². The van der Waals surface area contributed by atoms with Crippen molar-refractivity contribution in [1.82, 2.24) is 5.32 Å². The molecule has 134 valence electrons. The average Bonchev–Trinajstić information content (AvgIpc) is 2.48. The Kier molecular flexibility index (Phi) is 4.71. The normalized spacial score (nSPS) is 34.9. The predicted molar refractivity (Wildman–Crippen MR) is 89.0 cm³/mol. The van der Waals surface area contributed by atoms with Crippen LogP contribution in [0.1, 0.15) is 59.3 Å². The minimum absolute atomic E-state index is 0.0731. The maximum absolute atomic E-state index is 12.9. The third-order valence-corrected chi connectivity index (χ3v) is 6.25. The second-order valence-electron chi connectivity index (χ2n) is 8.65. The molecule has 4 saturated carbocycles. The molecule has 0 aliphatic heterocycles. The van der Waals surface area contributed by atoms with Gasteiger partial charge in [-0.15, -0.1) is 0 Å². The standard InChI is InChI=1S/C19H29NO4/c1-11(2)17(20-12(3)21)18(23)24-10-16(22)19-7-13-4-14(8-19)6-15(5-13)9-19/h11,13-15,17H,4-10H2,1-3H3,(H,20,21)/t13?,14?,15?,17-,19?/m0/s1. The van der Waals surface area contributed by atoms with Gasteiger partial charge in [-0.05, 0) is 62.2 Å². The number of ether oxygens (including phenoxy) is 1. The van der Waals surface area contributed by atoms with E-state index in [9.17, 15) is 14.4 Å². The number of rotatable bonds is 6. The summed E-state index contributed by atoms with van der Waals surface area (Å²) in [6, 6.07) is -0.688. The zero-order valence-corrected chi connectivity index (χ0v) is 15.0. The van der Waals surface area contributed by atoms with Gasteiger partial charge in [-0.25, -0.2) is 4.79 Å². The number of Topliss-reactive ketones (excluding diaryl/α,β-unsaturated/α-hetero) is 1. The van der Waals surface area contributed by atoms with Crippen molar-refractivity contribution in [2.24, 2.45) is 29.1 Å². The fourth-order valence-corrected chi connectivity index (χ4v) is 5.55. The molecule has 0 heterocycles. The van der Waals surface area contributed by atoms with Crippen LogP contribution in [0.5, 0.6) is 0 Å². The van der Waals surface area contributed by atoms with E-state index in [-0.39, 0.29) is 29.6 Å². The second kappa shape index (κ2) is 6.49. The SMILES string of the molecule is CC(=O)N[C@H](C(=O)OCC(=O)C12CC3CC(CC(C3)C1)C2)C(C)C. The van der Waals surface area contributed by atoms with Crippen molar-refractivity contribution in [2.75, 3.05) is 6.61 Å². The third-order valence-electron chi connectivity index (χ3n) is 6.25. The summed E-state index contributed by atoms with van der Waals surface area (Å²) < 4.78 is 5.31. The Labute approximate surface area is 143 Å². The van der Waals surface area contributed by atoms with Gasteiger partial charge in [-0.3, -0.25) is 9.59 Å². The fraction of sp³-hybridized carbons (Fsp3) is 0.842. The molecular weight excluding hydrogens is 306 g/mol. The van der Waals surface area contributed by atoms with Gasteiger partial charge < -0.3 is 10.1 Å². The number of amides is 1. The quantitative estimate of drug-likeness (QED) is 0.757. The molecule has 5 nitrogen and oxygen atoms in total. The highest BCUT2D eigenvalue weighted by Gasteiger charge is 2.54. The van der Waals surface area contributed by atoms with Gasteiger partial charge in [0.1, 0.15) is 6.04 Å². The Morgan fingerprint density at radius 2 is 1.54 bits per heavy atom. The van der Waals surface area contributed by atoms with E-state index in [1.54, 1.807) is 0 Å². The van der Waals surface area contributed by atoms with Gasteiger partial charge >= 0.3 is 5.97 Å². The maximum atomic E-state index is 12.9. The first-order valence-electron chi connectivity index (χ1n) is 9.26. The van der Waals surface area contributed by atoms with Crippen LogP contribution in [0.25, 0.3) is 0 Å². The highest BCUT2D eigenvalue weighted by Crippen LogP contribution is 2.60. The van der Waals surface area contributed by atoms with Crippen LogP contribution in [0.2, 0.25) is 0 Å². The second-order valence-corrected chi connectivity index (χ2v) is 8.65. The summed E-state index contributed by atoms with van der Waals surface area (Å²) in [5, 5.41) is 2.61. The van der Waals surface area contributed by atoms with Crippen LogP contribution in [0, 0.1) is 29.1 Å². The molecule has 1 N–H and O–H groups in total. The lowest BCUT2D eigenvalue weighted by Crippen LogP contribution is -2.51. The molecule has 4 aliphatic carbocycles. The van der Waals surface area contributed by atoms with E-state index in [1.165, 1.54) is 26.2 Å². The first kappa shape index (κ1) is 17.4. The van der Waals surface area contributed by atoms with Crippen molar-refractivity contribution < 1.29 is 19.1 Å². The predicted octanol–water partition coefficient (Wildman–Crippen LogP) is 2.48. The number of nitrogens with one attached hydrogen (secondary N) is 1. The van der Waals surface area contributed by atoms with Gasteiger partial charge in [0.2, 0.25) is 5.91 Å². The highest BCUT2D eigenvalue weighted by atomic mass is 16.5. The number of carbonyl (C=O) groups excluding carboxylic acids is 3. The molecule has 4 fully saturated rings. The van der Waals surface area contributed by atoms with Crippen molar-refractivity contribution in [3.63, 3.8) is 0 Å². The molecule has 1 amide bonds. The molecule has 0 saturated heterocycles. The molecule has 5 heteroatoms. The first-order valence-corrected chi connectivity index (χ1v) is 9.26. The number of carbonyl (C=O) groups is 3. The van der Waals surface area contributed by atoms with Crippen LogP contribution in [0.15, 0.2) is 0 Å². The lowest BCUT2D eigenvalue weighted by atomic mass is 9.48. The van der Waals surface area contributed by atoms with E-state index in [4.69, 9.17) is 4.74 Å². The molecule has 0 aromatic rings. The summed E-state index contributed by atoms with van der Waals surface area (Å²) in [5.74, 6) is 1.34.